The van der Waals surface area contributed by atoms with E-state index in [9.17, 15) is 13.2 Å². The van der Waals surface area contributed by atoms with Crippen LogP contribution < -0.4 is 5.32 Å². The molecule has 0 fully saturated rings. The van der Waals surface area contributed by atoms with E-state index in [0.717, 1.165) is 12.3 Å². The Bertz CT molecular complexity index is 361. The molecular weight excluding hydrogens is 276 g/mol. The van der Waals surface area contributed by atoms with Crippen LogP contribution in [0, 0.1) is 0 Å². The van der Waals surface area contributed by atoms with Crippen LogP contribution in [0.15, 0.2) is 18.3 Å². The molecular formula is C10H11Cl2F3N2. The number of nitrogens with one attached hydrogen (secondary N) is 1. The van der Waals surface area contributed by atoms with Crippen LogP contribution in [0.1, 0.15) is 12.5 Å². The topological polar surface area (TPSA) is 24.9 Å². The van der Waals surface area contributed by atoms with Crippen LogP contribution in [0.5, 0.6) is 0 Å². The number of halogens is 5. The van der Waals surface area contributed by atoms with Crippen molar-refractivity contribution in [1.29, 1.82) is 0 Å². The SMILES string of the molecule is CC(CCl)(CCl)Nc1ccc(C(F)(F)F)cn1. The van der Waals surface area contributed by atoms with E-state index in [1.807, 2.05) is 0 Å². The Balaban J connectivity index is 2.82. The summed E-state index contributed by atoms with van der Waals surface area (Å²) in [6.45, 7) is 1.76. The van der Waals surface area contributed by atoms with Gasteiger partial charge in [-0.15, -0.1) is 23.2 Å². The van der Waals surface area contributed by atoms with E-state index in [1.54, 1.807) is 6.92 Å². The van der Waals surface area contributed by atoms with Gasteiger partial charge in [-0.2, -0.15) is 13.2 Å². The lowest BCUT2D eigenvalue weighted by Gasteiger charge is -2.26. The third-order valence-electron chi connectivity index (χ3n) is 2.11. The summed E-state index contributed by atoms with van der Waals surface area (Å²) in [6.07, 6.45) is -3.61. The van der Waals surface area contributed by atoms with E-state index in [0.29, 0.717) is 5.82 Å². The molecule has 0 saturated carbocycles. The average molecular weight is 287 g/mol. The Morgan fingerprint density at radius 2 is 1.82 bits per heavy atom. The summed E-state index contributed by atoms with van der Waals surface area (Å²) in [5, 5.41) is 2.89. The molecule has 1 N–H and O–H groups in total. The van der Waals surface area contributed by atoms with Crippen LogP contribution in [0.4, 0.5) is 19.0 Å². The van der Waals surface area contributed by atoms with Crippen LogP contribution in [0.3, 0.4) is 0 Å². The maximum Gasteiger partial charge on any atom is 0.417 e. The van der Waals surface area contributed by atoms with Crippen molar-refractivity contribution >= 4 is 29.0 Å². The van der Waals surface area contributed by atoms with Gasteiger partial charge in [-0.05, 0) is 19.1 Å². The van der Waals surface area contributed by atoms with Gasteiger partial charge in [0.25, 0.3) is 0 Å². The second-order valence-corrected chi connectivity index (χ2v) is 4.42. The molecule has 0 bridgehead atoms. The van der Waals surface area contributed by atoms with E-state index < -0.39 is 17.3 Å². The molecule has 0 aromatic carbocycles. The fraction of sp³-hybridized carbons (Fsp3) is 0.500. The van der Waals surface area contributed by atoms with Gasteiger partial charge < -0.3 is 5.32 Å². The summed E-state index contributed by atoms with van der Waals surface area (Å²) in [4.78, 5) is 3.68. The molecule has 0 aliphatic carbocycles. The number of hydrogen-bond donors (Lipinski definition) is 1. The molecule has 2 nitrogen and oxygen atoms in total. The standard InChI is InChI=1S/C10H11Cl2F3N2/c1-9(5-11,6-12)17-8-3-2-7(4-16-8)10(13,14)15/h2-4H,5-6H2,1H3,(H,16,17). The molecule has 0 saturated heterocycles. The number of hydrogen-bond acceptors (Lipinski definition) is 2. The molecule has 0 unspecified atom stereocenters. The smallest absolute Gasteiger partial charge is 0.363 e. The molecule has 0 radical (unpaired) electrons. The highest BCUT2D eigenvalue weighted by atomic mass is 35.5. The molecule has 0 amide bonds. The van der Waals surface area contributed by atoms with E-state index in [2.05, 4.69) is 10.3 Å². The van der Waals surface area contributed by atoms with Gasteiger partial charge in [-0.25, -0.2) is 4.98 Å². The van der Waals surface area contributed by atoms with E-state index in [1.165, 1.54) is 6.07 Å². The second kappa shape index (κ2) is 5.31. The minimum absolute atomic E-state index is 0.221. The summed E-state index contributed by atoms with van der Waals surface area (Å²) < 4.78 is 36.9. The first kappa shape index (κ1) is 14.4. The number of nitrogens with zero attached hydrogens (tertiary/aromatic N) is 1. The van der Waals surface area contributed by atoms with Gasteiger partial charge in [-0.3, -0.25) is 0 Å². The maximum atomic E-state index is 12.3. The van der Waals surface area contributed by atoms with E-state index >= 15 is 0 Å². The molecule has 0 aliphatic heterocycles. The third kappa shape index (κ3) is 3.92. The molecule has 1 aromatic heterocycles. The second-order valence-electron chi connectivity index (χ2n) is 3.88. The van der Waals surface area contributed by atoms with Crippen molar-refractivity contribution in [2.75, 3.05) is 17.1 Å². The lowest BCUT2D eigenvalue weighted by Crippen LogP contribution is -2.39. The van der Waals surface area contributed by atoms with Gasteiger partial charge in [0.05, 0.1) is 11.1 Å². The first-order valence-corrected chi connectivity index (χ1v) is 5.81. The number of anilines is 1. The minimum atomic E-state index is -4.38. The van der Waals surface area contributed by atoms with Gasteiger partial charge in [0.15, 0.2) is 0 Å². The Kier molecular flexibility index (Phi) is 4.49. The first-order chi connectivity index (χ1) is 7.80. The summed E-state index contributed by atoms with van der Waals surface area (Å²) in [6, 6.07) is 2.21. The Morgan fingerprint density at radius 1 is 1.24 bits per heavy atom. The molecule has 96 valence electrons. The molecule has 1 rings (SSSR count). The zero-order chi connectivity index (χ0) is 13.1. The fourth-order valence-electron chi connectivity index (χ4n) is 1.05. The average Bonchev–Trinajstić information content (AvgIpc) is 2.28. The highest BCUT2D eigenvalue weighted by molar-refractivity contribution is 6.22. The van der Waals surface area contributed by atoms with Gasteiger partial charge in [-0.1, -0.05) is 0 Å². The molecule has 17 heavy (non-hydrogen) atoms. The molecule has 0 aliphatic rings. The Hall–Kier alpha value is -0.680. The van der Waals surface area contributed by atoms with Gasteiger partial charge >= 0.3 is 6.18 Å². The Labute approximate surface area is 107 Å². The number of alkyl halides is 5. The lowest BCUT2D eigenvalue weighted by molar-refractivity contribution is -0.137. The van der Waals surface area contributed by atoms with Crippen molar-refractivity contribution < 1.29 is 13.2 Å². The largest absolute Gasteiger partial charge is 0.417 e. The monoisotopic (exact) mass is 286 g/mol. The first-order valence-electron chi connectivity index (χ1n) is 4.74. The predicted molar refractivity (Wildman–Crippen MR) is 62.7 cm³/mol. The summed E-state index contributed by atoms with van der Waals surface area (Å²) in [5.74, 6) is 0.750. The minimum Gasteiger partial charge on any atom is -0.363 e. The molecule has 0 spiro atoms. The Morgan fingerprint density at radius 3 is 2.18 bits per heavy atom. The van der Waals surface area contributed by atoms with E-state index in [4.69, 9.17) is 23.2 Å². The summed E-state index contributed by atoms with van der Waals surface area (Å²) in [5.41, 5.74) is -1.39. The summed E-state index contributed by atoms with van der Waals surface area (Å²) >= 11 is 11.4. The van der Waals surface area contributed by atoms with Crippen LogP contribution in [0.25, 0.3) is 0 Å². The van der Waals surface area contributed by atoms with Crippen molar-refractivity contribution in [3.05, 3.63) is 23.9 Å². The van der Waals surface area contributed by atoms with Crippen LogP contribution >= 0.6 is 23.2 Å². The van der Waals surface area contributed by atoms with Crippen LogP contribution in [0.2, 0.25) is 0 Å². The van der Waals surface area contributed by atoms with Crippen molar-refractivity contribution in [3.63, 3.8) is 0 Å². The summed E-state index contributed by atoms with van der Waals surface area (Å²) in [7, 11) is 0. The highest BCUT2D eigenvalue weighted by Gasteiger charge is 2.31. The van der Waals surface area contributed by atoms with Crippen molar-refractivity contribution in [2.24, 2.45) is 0 Å². The van der Waals surface area contributed by atoms with Crippen molar-refractivity contribution in [1.82, 2.24) is 4.98 Å². The predicted octanol–water partition coefficient (Wildman–Crippen LogP) is 3.75. The molecule has 7 heteroatoms. The number of rotatable bonds is 4. The molecule has 1 heterocycles. The van der Waals surface area contributed by atoms with Crippen molar-refractivity contribution in [3.8, 4) is 0 Å². The van der Waals surface area contributed by atoms with E-state index in [-0.39, 0.29) is 11.8 Å². The van der Waals surface area contributed by atoms with Gasteiger partial charge in [0, 0.05) is 18.0 Å². The lowest BCUT2D eigenvalue weighted by atomic mass is 10.1. The zero-order valence-corrected chi connectivity index (χ0v) is 10.5. The number of aromatic nitrogens is 1. The highest BCUT2D eigenvalue weighted by Crippen LogP contribution is 2.29. The van der Waals surface area contributed by atoms with Crippen molar-refractivity contribution in [2.45, 2.75) is 18.6 Å². The fourth-order valence-corrected chi connectivity index (χ4v) is 1.47. The number of pyridine rings is 1. The maximum absolute atomic E-state index is 12.3. The normalized spacial score (nSPS) is 12.6. The van der Waals surface area contributed by atoms with Gasteiger partial charge in [0.2, 0.25) is 0 Å². The molecule has 1 aromatic rings. The third-order valence-corrected chi connectivity index (χ3v) is 3.29. The van der Waals surface area contributed by atoms with Crippen LogP contribution in [-0.2, 0) is 6.18 Å². The van der Waals surface area contributed by atoms with Gasteiger partial charge in [0.1, 0.15) is 5.82 Å². The van der Waals surface area contributed by atoms with Crippen LogP contribution in [-0.4, -0.2) is 22.3 Å². The molecule has 0 atom stereocenters. The zero-order valence-electron chi connectivity index (χ0n) is 8.98. The quantitative estimate of drug-likeness (QED) is 0.853.